The highest BCUT2D eigenvalue weighted by Gasteiger charge is 2.19. The van der Waals surface area contributed by atoms with Crippen LogP contribution in [0.2, 0.25) is 0 Å². The maximum Gasteiger partial charge on any atom is 0.279 e. The van der Waals surface area contributed by atoms with Gasteiger partial charge in [0.1, 0.15) is 0 Å². The number of hydrazine groups is 1. The second-order valence-corrected chi connectivity index (χ2v) is 8.03. The van der Waals surface area contributed by atoms with E-state index in [2.05, 4.69) is 17.4 Å². The molecule has 6 nitrogen and oxygen atoms in total. The van der Waals surface area contributed by atoms with Gasteiger partial charge in [-0.1, -0.05) is 12.5 Å². The highest BCUT2D eigenvalue weighted by Crippen LogP contribution is 2.33. The third-order valence-corrected chi connectivity index (χ3v) is 6.18. The lowest BCUT2D eigenvalue weighted by Crippen LogP contribution is -2.41. The first-order chi connectivity index (χ1) is 14.1. The molecular formula is C22H26N2O4S. The normalized spacial score (nSPS) is 13.0. The highest BCUT2D eigenvalue weighted by atomic mass is 32.1. The zero-order valence-electron chi connectivity index (χ0n) is 16.8. The van der Waals surface area contributed by atoms with Crippen molar-refractivity contribution in [3.05, 3.63) is 57.3 Å². The molecule has 29 heavy (non-hydrogen) atoms. The molecule has 0 aliphatic heterocycles. The van der Waals surface area contributed by atoms with Gasteiger partial charge in [-0.25, -0.2) is 0 Å². The van der Waals surface area contributed by atoms with Crippen molar-refractivity contribution < 1.29 is 19.1 Å². The molecule has 1 aliphatic rings. The molecule has 0 bridgehead atoms. The number of rotatable bonds is 6. The Kier molecular flexibility index (Phi) is 6.93. The third-order valence-electron chi connectivity index (χ3n) is 4.94. The van der Waals surface area contributed by atoms with Gasteiger partial charge in [0.25, 0.3) is 11.8 Å². The summed E-state index contributed by atoms with van der Waals surface area (Å²) in [5.41, 5.74) is 7.42. The number of hydrogen-bond donors (Lipinski definition) is 2. The molecule has 1 aliphatic carbocycles. The number of benzene rings is 1. The summed E-state index contributed by atoms with van der Waals surface area (Å²) >= 11 is 1.51. The Balaban J connectivity index is 1.71. The molecule has 0 atom stereocenters. The van der Waals surface area contributed by atoms with Crippen LogP contribution in [0.3, 0.4) is 0 Å². The van der Waals surface area contributed by atoms with E-state index in [1.165, 1.54) is 35.3 Å². The van der Waals surface area contributed by atoms with Crippen LogP contribution < -0.4 is 20.3 Å². The van der Waals surface area contributed by atoms with Gasteiger partial charge < -0.3 is 9.47 Å². The first-order valence-corrected chi connectivity index (χ1v) is 10.5. The van der Waals surface area contributed by atoms with Gasteiger partial charge in [-0.2, -0.15) is 0 Å². The monoisotopic (exact) mass is 414 g/mol. The summed E-state index contributed by atoms with van der Waals surface area (Å²) in [4.78, 5) is 27.0. The number of aryl methyl sites for hydroxylation is 2. The number of methoxy groups -OCH3 is 2. The van der Waals surface area contributed by atoms with Gasteiger partial charge in [0.05, 0.1) is 19.1 Å². The van der Waals surface area contributed by atoms with E-state index in [4.69, 9.17) is 9.47 Å². The average Bonchev–Trinajstić information content (AvgIpc) is 3.01. The average molecular weight is 415 g/mol. The van der Waals surface area contributed by atoms with Gasteiger partial charge >= 0.3 is 0 Å². The molecule has 1 heterocycles. The molecule has 3 rings (SSSR count). The molecular weight excluding hydrogens is 388 g/mol. The molecule has 2 amide bonds. The molecule has 1 aromatic carbocycles. The van der Waals surface area contributed by atoms with Crippen LogP contribution in [0.15, 0.2) is 30.9 Å². The number of carbonyl (C=O) groups excluding carboxylic acids is 2. The molecule has 7 heteroatoms. The summed E-state index contributed by atoms with van der Waals surface area (Å²) in [6, 6.07) is 5.24. The standard InChI is InChI=1S/C22H26N2O4S/c1-4-8-15-11-16(12-17(27-2)20(15)28-3)21(25)23-24-22(26)19-13-14-9-6-5-7-10-18(14)29-19/h4,11-13H,1,5-10H2,2-3H3,(H,23,25)(H,24,26). The van der Waals surface area contributed by atoms with Crippen molar-refractivity contribution in [2.45, 2.75) is 38.5 Å². The van der Waals surface area contributed by atoms with Crippen LogP contribution >= 0.6 is 11.3 Å². The number of hydrogen-bond acceptors (Lipinski definition) is 5. The SMILES string of the molecule is C=CCc1cc(C(=O)NNC(=O)c2cc3c(s2)CCCCC3)cc(OC)c1OC. The number of amides is 2. The van der Waals surface area contributed by atoms with Crippen molar-refractivity contribution in [2.24, 2.45) is 0 Å². The van der Waals surface area contributed by atoms with E-state index in [1.807, 2.05) is 6.07 Å². The largest absolute Gasteiger partial charge is 0.493 e. The lowest BCUT2D eigenvalue weighted by Gasteiger charge is -2.14. The van der Waals surface area contributed by atoms with Crippen LogP contribution in [0.25, 0.3) is 0 Å². The van der Waals surface area contributed by atoms with E-state index < -0.39 is 5.91 Å². The quantitative estimate of drug-likeness (QED) is 0.428. The predicted octanol–water partition coefficient (Wildman–Crippen LogP) is 3.84. The van der Waals surface area contributed by atoms with Gasteiger partial charge in [0.2, 0.25) is 0 Å². The van der Waals surface area contributed by atoms with Crippen molar-refractivity contribution in [1.82, 2.24) is 10.9 Å². The van der Waals surface area contributed by atoms with Crippen LogP contribution in [0.4, 0.5) is 0 Å². The van der Waals surface area contributed by atoms with Crippen molar-refractivity contribution >= 4 is 23.2 Å². The minimum Gasteiger partial charge on any atom is -0.493 e. The van der Waals surface area contributed by atoms with E-state index in [-0.39, 0.29) is 5.91 Å². The van der Waals surface area contributed by atoms with Crippen LogP contribution in [0, 0.1) is 0 Å². The van der Waals surface area contributed by atoms with E-state index >= 15 is 0 Å². The minimum atomic E-state index is -0.428. The molecule has 0 fully saturated rings. The lowest BCUT2D eigenvalue weighted by molar-refractivity contribution is 0.0848. The topological polar surface area (TPSA) is 76.7 Å². The minimum absolute atomic E-state index is 0.303. The molecule has 1 aromatic heterocycles. The van der Waals surface area contributed by atoms with E-state index in [0.29, 0.717) is 28.4 Å². The summed E-state index contributed by atoms with van der Waals surface area (Å²) in [6.45, 7) is 3.74. The maximum atomic E-state index is 12.6. The zero-order chi connectivity index (χ0) is 20.8. The van der Waals surface area contributed by atoms with Crippen LogP contribution in [-0.4, -0.2) is 26.0 Å². The van der Waals surface area contributed by atoms with Gasteiger partial charge in [-0.05, 0) is 55.9 Å². The number of allylic oxidation sites excluding steroid dienone is 1. The van der Waals surface area contributed by atoms with E-state index in [0.717, 1.165) is 31.2 Å². The molecule has 154 valence electrons. The summed E-state index contributed by atoms with van der Waals surface area (Å²) < 4.78 is 10.7. The van der Waals surface area contributed by atoms with Crippen molar-refractivity contribution in [1.29, 1.82) is 0 Å². The van der Waals surface area contributed by atoms with E-state index in [9.17, 15) is 9.59 Å². The molecule has 0 radical (unpaired) electrons. The molecule has 0 spiro atoms. The second kappa shape index (κ2) is 9.60. The lowest BCUT2D eigenvalue weighted by atomic mass is 10.1. The smallest absolute Gasteiger partial charge is 0.279 e. The predicted molar refractivity (Wildman–Crippen MR) is 114 cm³/mol. The van der Waals surface area contributed by atoms with Crippen molar-refractivity contribution in [3.63, 3.8) is 0 Å². The first kappa shape index (κ1) is 20.9. The Labute approximate surface area is 174 Å². The molecule has 0 unspecified atom stereocenters. The zero-order valence-corrected chi connectivity index (χ0v) is 17.6. The van der Waals surface area contributed by atoms with Crippen molar-refractivity contribution in [2.75, 3.05) is 14.2 Å². The van der Waals surface area contributed by atoms with Crippen molar-refractivity contribution in [3.8, 4) is 11.5 Å². The van der Waals surface area contributed by atoms with E-state index in [1.54, 1.807) is 25.3 Å². The fourth-order valence-corrected chi connectivity index (χ4v) is 4.66. The molecule has 0 saturated carbocycles. The fraction of sp³-hybridized carbons (Fsp3) is 0.364. The Hall–Kier alpha value is -2.80. The fourth-order valence-electron chi connectivity index (χ4n) is 3.51. The number of fused-ring (bicyclic) bond motifs is 1. The Bertz CT molecular complexity index is 896. The van der Waals surface area contributed by atoms with Gasteiger partial charge in [0.15, 0.2) is 11.5 Å². The third kappa shape index (κ3) is 4.79. The maximum absolute atomic E-state index is 12.6. The molecule has 2 aromatic rings. The number of nitrogens with one attached hydrogen (secondary N) is 2. The summed E-state index contributed by atoms with van der Waals surface area (Å²) in [7, 11) is 3.06. The van der Waals surface area contributed by atoms with Crippen LogP contribution in [-0.2, 0) is 19.3 Å². The second-order valence-electron chi connectivity index (χ2n) is 6.89. The van der Waals surface area contributed by atoms with Crippen LogP contribution in [0.1, 0.15) is 55.3 Å². The summed E-state index contributed by atoms with van der Waals surface area (Å²) in [5, 5.41) is 0. The first-order valence-electron chi connectivity index (χ1n) is 9.65. The van der Waals surface area contributed by atoms with Crippen LogP contribution in [0.5, 0.6) is 11.5 Å². The Morgan fingerprint density at radius 3 is 2.55 bits per heavy atom. The summed E-state index contributed by atoms with van der Waals surface area (Å²) in [6.07, 6.45) is 7.85. The Morgan fingerprint density at radius 2 is 1.83 bits per heavy atom. The number of thiophene rings is 1. The van der Waals surface area contributed by atoms with Gasteiger partial charge in [-0.15, -0.1) is 17.9 Å². The van der Waals surface area contributed by atoms with Gasteiger partial charge in [-0.3, -0.25) is 20.4 Å². The molecule has 0 saturated heterocycles. The number of carbonyl (C=O) groups is 2. The Morgan fingerprint density at radius 1 is 1.07 bits per heavy atom. The summed E-state index contributed by atoms with van der Waals surface area (Å²) in [5.74, 6) is 0.282. The highest BCUT2D eigenvalue weighted by molar-refractivity contribution is 7.14. The van der Waals surface area contributed by atoms with Gasteiger partial charge in [0, 0.05) is 16.0 Å². The molecule has 2 N–H and O–H groups in total. The number of ether oxygens (including phenoxy) is 2.